The number of fused-ring (bicyclic) bond motifs is 1. The van der Waals surface area contributed by atoms with Gasteiger partial charge in [-0.05, 0) is 43.7 Å². The van der Waals surface area contributed by atoms with Gasteiger partial charge in [0.25, 0.3) is 11.8 Å². The van der Waals surface area contributed by atoms with Crippen molar-refractivity contribution in [2.24, 2.45) is 5.92 Å². The van der Waals surface area contributed by atoms with Crippen LogP contribution in [0.4, 0.5) is 0 Å². The Hall–Kier alpha value is -3.07. The number of nitrogens with zero attached hydrogens (tertiary/aromatic N) is 1. The van der Waals surface area contributed by atoms with E-state index in [1.165, 1.54) is 0 Å². The van der Waals surface area contributed by atoms with Crippen molar-refractivity contribution < 1.29 is 29.1 Å². The standard InChI is InChI=1S/C21H23N3O6/c25-16-9-8-15(18(26)23-16)24-19(27)14-3-1-2-12(17(14)20(24)28)10-22-13-6-4-11(5-7-13)21(29)30/h1-3,11,13,15,22H,4-10H2,(H,29,30)(H,23,25,26). The number of rotatable bonds is 5. The van der Waals surface area contributed by atoms with Crippen LogP contribution in [0.25, 0.3) is 0 Å². The molecule has 0 spiro atoms. The summed E-state index contributed by atoms with van der Waals surface area (Å²) < 4.78 is 0. The molecule has 9 nitrogen and oxygen atoms in total. The summed E-state index contributed by atoms with van der Waals surface area (Å²) in [6.07, 6.45) is 2.90. The lowest BCUT2D eigenvalue weighted by Gasteiger charge is -2.28. The first-order valence-corrected chi connectivity index (χ1v) is 10.2. The number of carbonyl (C=O) groups excluding carboxylic acids is 4. The first kappa shape index (κ1) is 20.2. The highest BCUT2D eigenvalue weighted by molar-refractivity contribution is 6.24. The molecule has 0 bridgehead atoms. The van der Waals surface area contributed by atoms with E-state index in [-0.39, 0.29) is 30.4 Å². The topological polar surface area (TPSA) is 133 Å². The largest absolute Gasteiger partial charge is 0.481 e. The van der Waals surface area contributed by atoms with E-state index in [4.69, 9.17) is 5.11 Å². The van der Waals surface area contributed by atoms with Crippen molar-refractivity contribution in [3.05, 3.63) is 34.9 Å². The van der Waals surface area contributed by atoms with E-state index in [1.807, 2.05) is 0 Å². The molecule has 30 heavy (non-hydrogen) atoms. The van der Waals surface area contributed by atoms with Crippen LogP contribution in [-0.4, -0.2) is 51.7 Å². The second-order valence-electron chi connectivity index (χ2n) is 8.05. The van der Waals surface area contributed by atoms with Gasteiger partial charge in [-0.25, -0.2) is 0 Å². The van der Waals surface area contributed by atoms with Gasteiger partial charge in [-0.2, -0.15) is 0 Å². The molecule has 0 radical (unpaired) electrons. The number of carboxylic acids is 1. The van der Waals surface area contributed by atoms with Gasteiger partial charge in [-0.3, -0.25) is 34.2 Å². The summed E-state index contributed by atoms with van der Waals surface area (Å²) in [6, 6.07) is 4.21. The van der Waals surface area contributed by atoms with Gasteiger partial charge in [-0.1, -0.05) is 12.1 Å². The minimum atomic E-state index is -0.984. The number of amides is 4. The van der Waals surface area contributed by atoms with Crippen LogP contribution in [-0.2, 0) is 20.9 Å². The Labute approximate surface area is 172 Å². The average Bonchev–Trinajstić information content (AvgIpc) is 2.98. The van der Waals surface area contributed by atoms with Gasteiger partial charge < -0.3 is 10.4 Å². The molecule has 4 rings (SSSR count). The Morgan fingerprint density at radius 1 is 1.07 bits per heavy atom. The summed E-state index contributed by atoms with van der Waals surface area (Å²) in [5.41, 5.74) is 1.22. The van der Waals surface area contributed by atoms with Crippen LogP contribution in [0.5, 0.6) is 0 Å². The Kier molecular flexibility index (Phi) is 5.38. The zero-order chi connectivity index (χ0) is 21.4. The van der Waals surface area contributed by atoms with Crippen LogP contribution in [0.1, 0.15) is 64.8 Å². The number of benzene rings is 1. The first-order valence-electron chi connectivity index (χ1n) is 10.2. The molecule has 1 unspecified atom stereocenters. The molecule has 2 fully saturated rings. The zero-order valence-electron chi connectivity index (χ0n) is 16.3. The Bertz CT molecular complexity index is 935. The van der Waals surface area contributed by atoms with Crippen molar-refractivity contribution in [2.45, 2.75) is 57.2 Å². The number of hydrogen-bond acceptors (Lipinski definition) is 6. The lowest BCUT2D eigenvalue weighted by atomic mass is 9.86. The summed E-state index contributed by atoms with van der Waals surface area (Å²) in [6.45, 7) is 0.369. The third-order valence-electron chi connectivity index (χ3n) is 6.21. The second-order valence-corrected chi connectivity index (χ2v) is 8.05. The smallest absolute Gasteiger partial charge is 0.306 e. The van der Waals surface area contributed by atoms with Crippen LogP contribution >= 0.6 is 0 Å². The van der Waals surface area contributed by atoms with Crippen molar-refractivity contribution in [2.75, 3.05) is 0 Å². The van der Waals surface area contributed by atoms with E-state index in [0.717, 1.165) is 17.7 Å². The molecular weight excluding hydrogens is 390 g/mol. The summed E-state index contributed by atoms with van der Waals surface area (Å²) in [7, 11) is 0. The van der Waals surface area contributed by atoms with Gasteiger partial charge in [0.2, 0.25) is 11.8 Å². The maximum absolute atomic E-state index is 13.1. The predicted molar refractivity (Wildman–Crippen MR) is 103 cm³/mol. The minimum absolute atomic E-state index is 0.0806. The third kappa shape index (κ3) is 3.60. The van der Waals surface area contributed by atoms with E-state index in [2.05, 4.69) is 10.6 Å². The number of carboxylic acid groups (broad SMARTS) is 1. The summed E-state index contributed by atoms with van der Waals surface area (Å²) >= 11 is 0. The number of imide groups is 2. The number of carbonyl (C=O) groups is 5. The fraction of sp³-hybridized carbons (Fsp3) is 0.476. The van der Waals surface area contributed by atoms with Gasteiger partial charge in [0.15, 0.2) is 0 Å². The van der Waals surface area contributed by atoms with E-state index in [9.17, 15) is 24.0 Å². The van der Waals surface area contributed by atoms with E-state index in [0.29, 0.717) is 30.5 Å². The summed E-state index contributed by atoms with van der Waals surface area (Å²) in [5.74, 6) is -3.13. The predicted octanol–water partition coefficient (Wildman–Crippen LogP) is 0.821. The molecular formula is C21H23N3O6. The molecule has 1 aromatic rings. The maximum atomic E-state index is 13.1. The highest BCUT2D eigenvalue weighted by Crippen LogP contribution is 2.30. The second kappa shape index (κ2) is 7.98. The Morgan fingerprint density at radius 2 is 1.80 bits per heavy atom. The number of aliphatic carboxylic acids is 1. The van der Waals surface area contributed by atoms with Crippen LogP contribution in [0.15, 0.2) is 18.2 Å². The minimum Gasteiger partial charge on any atom is -0.481 e. The summed E-state index contributed by atoms with van der Waals surface area (Å²) in [4.78, 5) is 61.6. The molecule has 3 aliphatic rings. The molecule has 3 N–H and O–H groups in total. The van der Waals surface area contributed by atoms with Crippen LogP contribution in [0.3, 0.4) is 0 Å². The van der Waals surface area contributed by atoms with Gasteiger partial charge in [0.1, 0.15) is 6.04 Å². The molecule has 1 saturated carbocycles. The number of piperidine rings is 1. The molecule has 158 valence electrons. The van der Waals surface area contributed by atoms with Crippen molar-refractivity contribution in [1.29, 1.82) is 0 Å². The molecule has 1 aliphatic carbocycles. The molecule has 2 heterocycles. The lowest BCUT2D eigenvalue weighted by Crippen LogP contribution is -2.54. The molecule has 4 amide bonds. The Balaban J connectivity index is 1.48. The number of hydrogen-bond donors (Lipinski definition) is 3. The number of nitrogens with one attached hydrogen (secondary N) is 2. The third-order valence-corrected chi connectivity index (χ3v) is 6.21. The highest BCUT2D eigenvalue weighted by atomic mass is 16.4. The average molecular weight is 413 g/mol. The molecule has 0 aromatic heterocycles. The highest BCUT2D eigenvalue weighted by Gasteiger charge is 2.45. The van der Waals surface area contributed by atoms with E-state index < -0.39 is 35.6 Å². The van der Waals surface area contributed by atoms with Crippen molar-refractivity contribution in [3.63, 3.8) is 0 Å². The fourth-order valence-electron chi connectivity index (χ4n) is 4.53. The van der Waals surface area contributed by atoms with Crippen LogP contribution < -0.4 is 10.6 Å². The molecule has 1 atom stereocenters. The fourth-order valence-corrected chi connectivity index (χ4v) is 4.53. The SMILES string of the molecule is O=C1CCC(N2C(=O)c3cccc(CNC4CCC(C(=O)O)CC4)c3C2=O)C(=O)N1. The van der Waals surface area contributed by atoms with Crippen molar-refractivity contribution >= 4 is 29.6 Å². The molecule has 1 aromatic carbocycles. The van der Waals surface area contributed by atoms with Gasteiger partial charge in [-0.15, -0.1) is 0 Å². The van der Waals surface area contributed by atoms with Crippen molar-refractivity contribution in [3.8, 4) is 0 Å². The molecule has 1 saturated heterocycles. The summed E-state index contributed by atoms with van der Waals surface area (Å²) in [5, 5.41) is 14.7. The van der Waals surface area contributed by atoms with E-state index in [1.54, 1.807) is 18.2 Å². The molecule has 2 aliphatic heterocycles. The van der Waals surface area contributed by atoms with Gasteiger partial charge >= 0.3 is 5.97 Å². The maximum Gasteiger partial charge on any atom is 0.306 e. The van der Waals surface area contributed by atoms with Crippen LogP contribution in [0.2, 0.25) is 0 Å². The molecule has 9 heteroatoms. The van der Waals surface area contributed by atoms with Gasteiger partial charge in [0.05, 0.1) is 17.0 Å². The lowest BCUT2D eigenvalue weighted by molar-refractivity contribution is -0.143. The first-order chi connectivity index (χ1) is 14.4. The van der Waals surface area contributed by atoms with Gasteiger partial charge in [0, 0.05) is 19.0 Å². The Morgan fingerprint density at radius 3 is 2.47 bits per heavy atom. The van der Waals surface area contributed by atoms with Crippen LogP contribution in [0, 0.1) is 5.92 Å². The van der Waals surface area contributed by atoms with Crippen molar-refractivity contribution in [1.82, 2.24) is 15.5 Å². The monoisotopic (exact) mass is 413 g/mol. The zero-order valence-corrected chi connectivity index (χ0v) is 16.3. The van der Waals surface area contributed by atoms with E-state index >= 15 is 0 Å². The quantitative estimate of drug-likeness (QED) is 0.609. The normalized spacial score (nSPS) is 26.5.